The number of nitrogens with zero attached hydrogens (tertiary/aromatic N) is 1. The number of hydrogen-bond acceptors (Lipinski definition) is 3. The Morgan fingerprint density at radius 1 is 1.23 bits per heavy atom. The Hall–Kier alpha value is -2.27. The topological polar surface area (TPSA) is 54.0 Å². The van der Waals surface area contributed by atoms with Gasteiger partial charge >= 0.3 is 0 Å². The minimum Gasteiger partial charge on any atom is -0.322 e. The van der Waals surface area contributed by atoms with Crippen LogP contribution in [-0.4, -0.2) is 24.0 Å². The summed E-state index contributed by atoms with van der Waals surface area (Å²) in [5, 5.41) is 6.08. The summed E-state index contributed by atoms with van der Waals surface area (Å²) in [7, 11) is 0. The van der Waals surface area contributed by atoms with Crippen LogP contribution < -0.4 is 10.6 Å². The molecule has 1 unspecified atom stereocenters. The number of rotatable bonds is 3. The third kappa shape index (κ3) is 3.49. The van der Waals surface area contributed by atoms with Crippen molar-refractivity contribution in [2.75, 3.05) is 18.4 Å². The van der Waals surface area contributed by atoms with Gasteiger partial charge in [-0.25, -0.2) is 4.39 Å². The highest BCUT2D eigenvalue weighted by atomic mass is 19.1. The maximum absolute atomic E-state index is 12.8. The molecule has 4 nitrogen and oxygen atoms in total. The number of carbonyl (C=O) groups is 1. The molecule has 22 heavy (non-hydrogen) atoms. The average molecular weight is 299 g/mol. The minimum atomic E-state index is -0.329. The molecule has 3 rings (SSSR count). The number of nitrogens with one attached hydrogen (secondary N) is 2. The molecule has 0 spiro atoms. The van der Waals surface area contributed by atoms with Crippen LogP contribution in [-0.2, 0) is 0 Å². The van der Waals surface area contributed by atoms with Gasteiger partial charge in [0.05, 0.1) is 5.56 Å². The molecule has 2 aromatic rings. The van der Waals surface area contributed by atoms with Crippen LogP contribution >= 0.6 is 0 Å². The molecular formula is C17H18FN3O. The number of piperidine rings is 1. The first-order valence-corrected chi connectivity index (χ1v) is 7.46. The molecule has 1 fully saturated rings. The van der Waals surface area contributed by atoms with Gasteiger partial charge in [0, 0.05) is 30.0 Å². The number of anilines is 1. The Morgan fingerprint density at radius 3 is 2.68 bits per heavy atom. The lowest BCUT2D eigenvalue weighted by molar-refractivity contribution is 0.102. The normalized spacial score (nSPS) is 18.0. The fourth-order valence-electron chi connectivity index (χ4n) is 2.62. The number of pyridine rings is 1. The predicted molar refractivity (Wildman–Crippen MR) is 83.4 cm³/mol. The maximum Gasteiger partial charge on any atom is 0.257 e. The number of aromatic nitrogens is 1. The monoisotopic (exact) mass is 299 g/mol. The molecule has 0 saturated carbocycles. The zero-order valence-electron chi connectivity index (χ0n) is 12.2. The molecule has 0 aliphatic carbocycles. The van der Waals surface area contributed by atoms with E-state index >= 15 is 0 Å². The molecule has 114 valence electrons. The van der Waals surface area contributed by atoms with E-state index in [9.17, 15) is 9.18 Å². The van der Waals surface area contributed by atoms with Crippen molar-refractivity contribution < 1.29 is 9.18 Å². The zero-order valence-corrected chi connectivity index (χ0v) is 12.2. The molecule has 1 amide bonds. The highest BCUT2D eigenvalue weighted by Gasteiger charge is 2.16. The van der Waals surface area contributed by atoms with Gasteiger partial charge in [0.25, 0.3) is 5.91 Å². The summed E-state index contributed by atoms with van der Waals surface area (Å²) in [5.74, 6) is -0.152. The van der Waals surface area contributed by atoms with Crippen LogP contribution in [0.25, 0.3) is 0 Å². The van der Waals surface area contributed by atoms with Gasteiger partial charge in [-0.05, 0) is 55.8 Å². The first kappa shape index (κ1) is 14.7. The van der Waals surface area contributed by atoms with Crippen molar-refractivity contribution in [3.63, 3.8) is 0 Å². The lowest BCUT2D eigenvalue weighted by atomic mass is 9.95. The molecule has 1 aromatic heterocycles. The van der Waals surface area contributed by atoms with Gasteiger partial charge in [-0.3, -0.25) is 9.78 Å². The van der Waals surface area contributed by atoms with Crippen molar-refractivity contribution in [3.8, 4) is 0 Å². The molecule has 1 atom stereocenters. The summed E-state index contributed by atoms with van der Waals surface area (Å²) < 4.78 is 12.8. The van der Waals surface area contributed by atoms with Crippen LogP contribution in [0, 0.1) is 5.82 Å². The van der Waals surface area contributed by atoms with Gasteiger partial charge in [-0.2, -0.15) is 0 Å². The third-order valence-corrected chi connectivity index (χ3v) is 3.87. The number of carbonyl (C=O) groups excluding carboxylic acids is 1. The largest absolute Gasteiger partial charge is 0.322 e. The number of benzene rings is 1. The fraction of sp³-hybridized carbons (Fsp3) is 0.294. The highest BCUT2D eigenvalue weighted by Crippen LogP contribution is 2.21. The Balaban J connectivity index is 1.66. The summed E-state index contributed by atoms with van der Waals surface area (Å²) in [6.45, 7) is 2.00. The standard InChI is InChI=1S/C17H18FN3O/c18-14-4-6-15(7-5-14)21-17(22)13-3-8-16(20-11-13)12-2-1-9-19-10-12/h3-8,11-12,19H,1-2,9-10H2,(H,21,22). The average Bonchev–Trinajstić information content (AvgIpc) is 2.58. The summed E-state index contributed by atoms with van der Waals surface area (Å²) in [4.78, 5) is 16.5. The van der Waals surface area contributed by atoms with Crippen LogP contribution in [0.2, 0.25) is 0 Å². The van der Waals surface area contributed by atoms with Crippen molar-refractivity contribution in [1.82, 2.24) is 10.3 Å². The molecule has 1 saturated heterocycles. The number of hydrogen-bond donors (Lipinski definition) is 2. The Bertz CT molecular complexity index is 634. The first-order chi connectivity index (χ1) is 10.7. The van der Waals surface area contributed by atoms with E-state index < -0.39 is 0 Å². The Kier molecular flexibility index (Phi) is 4.44. The molecule has 2 N–H and O–H groups in total. The summed E-state index contributed by atoms with van der Waals surface area (Å²) in [6, 6.07) is 9.39. The SMILES string of the molecule is O=C(Nc1ccc(F)cc1)c1ccc(C2CCCNC2)nc1. The van der Waals surface area contributed by atoms with Crippen molar-refractivity contribution in [2.24, 2.45) is 0 Å². The zero-order chi connectivity index (χ0) is 15.4. The quantitative estimate of drug-likeness (QED) is 0.916. The highest BCUT2D eigenvalue weighted by molar-refractivity contribution is 6.04. The van der Waals surface area contributed by atoms with Crippen molar-refractivity contribution in [2.45, 2.75) is 18.8 Å². The summed E-state index contributed by atoms with van der Waals surface area (Å²) in [5.41, 5.74) is 2.08. The van der Waals surface area contributed by atoms with E-state index in [2.05, 4.69) is 15.6 Å². The lowest BCUT2D eigenvalue weighted by Crippen LogP contribution is -2.28. The van der Waals surface area contributed by atoms with E-state index in [1.807, 2.05) is 6.07 Å². The van der Waals surface area contributed by atoms with Gasteiger partial charge in [-0.1, -0.05) is 0 Å². The molecule has 5 heteroatoms. The summed E-state index contributed by atoms with van der Waals surface area (Å²) in [6.07, 6.45) is 3.88. The van der Waals surface area contributed by atoms with E-state index in [-0.39, 0.29) is 11.7 Å². The number of amides is 1. The van der Waals surface area contributed by atoms with Crippen molar-refractivity contribution >= 4 is 11.6 Å². The number of halogens is 1. The Morgan fingerprint density at radius 2 is 2.05 bits per heavy atom. The molecule has 1 aliphatic rings. The molecule has 2 heterocycles. The van der Waals surface area contributed by atoms with Crippen LogP contribution in [0.15, 0.2) is 42.6 Å². The van der Waals surface area contributed by atoms with E-state index in [0.29, 0.717) is 17.2 Å². The summed E-state index contributed by atoms with van der Waals surface area (Å²) >= 11 is 0. The Labute approximate surface area is 128 Å². The van der Waals surface area contributed by atoms with E-state index in [1.165, 1.54) is 24.3 Å². The van der Waals surface area contributed by atoms with Crippen LogP contribution in [0.5, 0.6) is 0 Å². The van der Waals surface area contributed by atoms with E-state index in [4.69, 9.17) is 0 Å². The molecule has 0 radical (unpaired) electrons. The van der Waals surface area contributed by atoms with Crippen molar-refractivity contribution in [3.05, 3.63) is 59.7 Å². The van der Waals surface area contributed by atoms with Crippen LogP contribution in [0.3, 0.4) is 0 Å². The van der Waals surface area contributed by atoms with E-state index in [0.717, 1.165) is 31.6 Å². The molecule has 0 bridgehead atoms. The van der Waals surface area contributed by atoms with Gasteiger partial charge in [0.15, 0.2) is 0 Å². The maximum atomic E-state index is 12.8. The van der Waals surface area contributed by atoms with Gasteiger partial charge in [0.2, 0.25) is 0 Å². The molecule has 1 aromatic carbocycles. The smallest absolute Gasteiger partial charge is 0.257 e. The fourth-order valence-corrected chi connectivity index (χ4v) is 2.62. The van der Waals surface area contributed by atoms with Crippen LogP contribution in [0.4, 0.5) is 10.1 Å². The first-order valence-electron chi connectivity index (χ1n) is 7.46. The predicted octanol–water partition coefficient (Wildman–Crippen LogP) is 2.94. The second kappa shape index (κ2) is 6.66. The van der Waals surface area contributed by atoms with Gasteiger partial charge in [0.1, 0.15) is 5.82 Å². The second-order valence-electron chi connectivity index (χ2n) is 5.48. The van der Waals surface area contributed by atoms with Gasteiger partial charge in [-0.15, -0.1) is 0 Å². The minimum absolute atomic E-state index is 0.243. The van der Waals surface area contributed by atoms with Crippen LogP contribution in [0.1, 0.15) is 34.8 Å². The lowest BCUT2D eigenvalue weighted by Gasteiger charge is -2.22. The van der Waals surface area contributed by atoms with Gasteiger partial charge < -0.3 is 10.6 Å². The third-order valence-electron chi connectivity index (χ3n) is 3.87. The molecule has 1 aliphatic heterocycles. The molecular weight excluding hydrogens is 281 g/mol. The van der Waals surface area contributed by atoms with E-state index in [1.54, 1.807) is 12.3 Å². The van der Waals surface area contributed by atoms with Crippen molar-refractivity contribution in [1.29, 1.82) is 0 Å². The second-order valence-corrected chi connectivity index (χ2v) is 5.48.